The zero-order valence-corrected chi connectivity index (χ0v) is 15.1. The number of aromatic nitrogens is 2. The lowest BCUT2D eigenvalue weighted by atomic mass is 10.2. The molecular formula is C19H22N4O3. The van der Waals surface area contributed by atoms with E-state index in [9.17, 15) is 4.79 Å². The number of nitrogens with one attached hydrogen (secondary N) is 2. The molecule has 136 valence electrons. The van der Waals surface area contributed by atoms with E-state index in [1.165, 1.54) is 0 Å². The Balaban J connectivity index is 1.56. The fourth-order valence-corrected chi connectivity index (χ4v) is 2.46. The number of furan rings is 1. The predicted octanol–water partition coefficient (Wildman–Crippen LogP) is 3.20. The van der Waals surface area contributed by atoms with Gasteiger partial charge in [0.15, 0.2) is 11.6 Å². The molecule has 7 nitrogen and oxygen atoms in total. The van der Waals surface area contributed by atoms with Crippen molar-refractivity contribution in [2.75, 3.05) is 19.4 Å². The summed E-state index contributed by atoms with van der Waals surface area (Å²) in [5, 5.41) is 9.67. The highest BCUT2D eigenvalue weighted by atomic mass is 16.5. The van der Waals surface area contributed by atoms with Gasteiger partial charge in [0.05, 0.1) is 5.69 Å². The van der Waals surface area contributed by atoms with Crippen LogP contribution in [-0.4, -0.2) is 35.1 Å². The van der Waals surface area contributed by atoms with Crippen molar-refractivity contribution in [2.24, 2.45) is 0 Å². The summed E-state index contributed by atoms with van der Waals surface area (Å²) in [5.41, 5.74) is 2.03. The van der Waals surface area contributed by atoms with Crippen LogP contribution >= 0.6 is 0 Å². The normalized spacial score (nSPS) is 10.9. The number of amides is 1. The van der Waals surface area contributed by atoms with Crippen molar-refractivity contribution in [3.8, 4) is 5.75 Å². The Bertz CT molecular complexity index is 882. The van der Waals surface area contributed by atoms with Gasteiger partial charge in [-0.05, 0) is 50.8 Å². The molecular weight excluding hydrogens is 332 g/mol. The van der Waals surface area contributed by atoms with E-state index >= 15 is 0 Å². The number of nitrogens with zero attached hydrogens (tertiary/aromatic N) is 2. The van der Waals surface area contributed by atoms with E-state index in [1.54, 1.807) is 18.2 Å². The van der Waals surface area contributed by atoms with Gasteiger partial charge in [-0.25, -0.2) is 0 Å². The Hall–Kier alpha value is -3.06. The Morgan fingerprint density at radius 1 is 1.27 bits per heavy atom. The van der Waals surface area contributed by atoms with Crippen LogP contribution in [0.4, 0.5) is 5.82 Å². The quantitative estimate of drug-likeness (QED) is 0.681. The first-order valence-corrected chi connectivity index (χ1v) is 8.28. The summed E-state index contributed by atoms with van der Waals surface area (Å²) in [6.07, 6.45) is 0. The number of ether oxygens (including phenoxy) is 1. The zero-order valence-electron chi connectivity index (χ0n) is 15.1. The molecule has 1 amide bonds. The number of rotatable bonds is 7. The lowest BCUT2D eigenvalue weighted by Gasteiger charge is -2.05. The third kappa shape index (κ3) is 4.73. The van der Waals surface area contributed by atoms with Crippen LogP contribution < -0.4 is 10.1 Å². The van der Waals surface area contributed by atoms with Gasteiger partial charge in [-0.3, -0.25) is 9.89 Å². The van der Waals surface area contributed by atoms with Gasteiger partial charge >= 0.3 is 0 Å². The monoisotopic (exact) mass is 354 g/mol. The number of hydrogen-bond acceptors (Lipinski definition) is 5. The molecule has 0 bridgehead atoms. The third-order valence-electron chi connectivity index (χ3n) is 3.62. The molecule has 0 aliphatic carbocycles. The van der Waals surface area contributed by atoms with Crippen LogP contribution in [0.5, 0.6) is 5.75 Å². The van der Waals surface area contributed by atoms with Crippen molar-refractivity contribution in [2.45, 2.75) is 20.1 Å². The molecule has 0 aliphatic rings. The molecule has 26 heavy (non-hydrogen) atoms. The number of carbonyl (C=O) groups excluding carboxylic acids is 1. The first-order chi connectivity index (χ1) is 12.5. The van der Waals surface area contributed by atoms with Crippen LogP contribution in [0, 0.1) is 6.92 Å². The molecule has 0 aliphatic heterocycles. The lowest BCUT2D eigenvalue weighted by Crippen LogP contribution is -2.11. The highest BCUT2D eigenvalue weighted by molar-refractivity contribution is 6.01. The number of aromatic amines is 1. The lowest BCUT2D eigenvalue weighted by molar-refractivity contribution is 0.0992. The van der Waals surface area contributed by atoms with Crippen LogP contribution in [0.25, 0.3) is 0 Å². The van der Waals surface area contributed by atoms with E-state index in [1.807, 2.05) is 50.2 Å². The summed E-state index contributed by atoms with van der Waals surface area (Å²) in [5.74, 6) is 1.66. The maximum Gasteiger partial charge on any atom is 0.292 e. The molecule has 7 heteroatoms. The molecule has 0 radical (unpaired) electrons. The van der Waals surface area contributed by atoms with Gasteiger partial charge < -0.3 is 19.4 Å². The highest BCUT2D eigenvalue weighted by Gasteiger charge is 2.13. The van der Waals surface area contributed by atoms with Crippen molar-refractivity contribution in [3.05, 3.63) is 65.2 Å². The summed E-state index contributed by atoms with van der Waals surface area (Å²) in [6, 6.07) is 12.9. The van der Waals surface area contributed by atoms with E-state index < -0.39 is 0 Å². The molecule has 0 saturated carbocycles. The summed E-state index contributed by atoms with van der Waals surface area (Å²) in [6.45, 7) is 2.97. The smallest absolute Gasteiger partial charge is 0.292 e. The fourth-order valence-electron chi connectivity index (χ4n) is 2.46. The first-order valence-electron chi connectivity index (χ1n) is 8.28. The highest BCUT2D eigenvalue weighted by Crippen LogP contribution is 2.17. The Labute approximate surface area is 152 Å². The second-order valence-corrected chi connectivity index (χ2v) is 6.34. The van der Waals surface area contributed by atoms with Gasteiger partial charge in [-0.2, -0.15) is 5.10 Å². The average Bonchev–Trinajstić information content (AvgIpc) is 3.22. The minimum absolute atomic E-state index is 0.213. The standard InChI is InChI=1S/C19H22N4O3/c1-13-5-4-6-15(9-13)25-12-16-7-8-17(26-16)19(24)20-18-10-14(21-22-18)11-23(2)3/h4-10H,11-12H2,1-3H3,(H2,20,21,22,24). The van der Waals surface area contributed by atoms with Crippen molar-refractivity contribution in [3.63, 3.8) is 0 Å². The predicted molar refractivity (Wildman–Crippen MR) is 98.2 cm³/mol. The molecule has 3 aromatic rings. The summed E-state index contributed by atoms with van der Waals surface area (Å²) >= 11 is 0. The van der Waals surface area contributed by atoms with Gasteiger partial charge in [0.1, 0.15) is 18.1 Å². The van der Waals surface area contributed by atoms with Crippen LogP contribution in [0.3, 0.4) is 0 Å². The topological polar surface area (TPSA) is 83.4 Å². The number of anilines is 1. The van der Waals surface area contributed by atoms with Crippen molar-refractivity contribution in [1.82, 2.24) is 15.1 Å². The molecule has 2 N–H and O–H groups in total. The van der Waals surface area contributed by atoms with Crippen molar-refractivity contribution >= 4 is 11.7 Å². The number of carbonyl (C=O) groups is 1. The van der Waals surface area contributed by atoms with Crippen molar-refractivity contribution < 1.29 is 13.9 Å². The maximum atomic E-state index is 12.3. The molecule has 3 rings (SSSR count). The van der Waals surface area contributed by atoms with E-state index in [2.05, 4.69) is 15.5 Å². The summed E-state index contributed by atoms with van der Waals surface area (Å²) in [4.78, 5) is 14.3. The van der Waals surface area contributed by atoms with Gasteiger partial charge in [0, 0.05) is 12.6 Å². The zero-order chi connectivity index (χ0) is 18.5. The number of benzene rings is 1. The Kier molecular flexibility index (Phi) is 5.38. The molecule has 0 atom stereocenters. The summed E-state index contributed by atoms with van der Waals surface area (Å²) < 4.78 is 11.2. The minimum Gasteiger partial charge on any atom is -0.486 e. The Morgan fingerprint density at radius 3 is 2.88 bits per heavy atom. The molecule has 1 aromatic carbocycles. The van der Waals surface area contributed by atoms with E-state index in [0.717, 1.165) is 17.0 Å². The van der Waals surface area contributed by atoms with E-state index in [4.69, 9.17) is 9.15 Å². The second-order valence-electron chi connectivity index (χ2n) is 6.34. The van der Waals surface area contributed by atoms with E-state index in [0.29, 0.717) is 18.1 Å². The van der Waals surface area contributed by atoms with Crippen LogP contribution in [-0.2, 0) is 13.2 Å². The largest absolute Gasteiger partial charge is 0.486 e. The second kappa shape index (κ2) is 7.88. The van der Waals surface area contributed by atoms with Gasteiger partial charge in [0.25, 0.3) is 5.91 Å². The van der Waals surface area contributed by atoms with Crippen LogP contribution in [0.1, 0.15) is 27.6 Å². The number of H-pyrrole nitrogens is 1. The fraction of sp³-hybridized carbons (Fsp3) is 0.263. The summed E-state index contributed by atoms with van der Waals surface area (Å²) in [7, 11) is 3.92. The first kappa shape index (κ1) is 17.8. The molecule has 0 saturated heterocycles. The van der Waals surface area contributed by atoms with Gasteiger partial charge in [0.2, 0.25) is 0 Å². The van der Waals surface area contributed by atoms with Crippen molar-refractivity contribution in [1.29, 1.82) is 0 Å². The van der Waals surface area contributed by atoms with E-state index in [-0.39, 0.29) is 18.3 Å². The molecule has 0 fully saturated rings. The SMILES string of the molecule is Cc1cccc(OCc2ccc(C(=O)Nc3cc(CN(C)C)[nH]n3)o2)c1. The van der Waals surface area contributed by atoms with Crippen LogP contribution in [0.2, 0.25) is 0 Å². The van der Waals surface area contributed by atoms with Gasteiger partial charge in [-0.1, -0.05) is 12.1 Å². The molecule has 0 spiro atoms. The maximum absolute atomic E-state index is 12.3. The van der Waals surface area contributed by atoms with Crippen LogP contribution in [0.15, 0.2) is 46.9 Å². The molecule has 2 heterocycles. The Morgan fingerprint density at radius 2 is 2.12 bits per heavy atom. The molecule has 0 unspecified atom stereocenters. The third-order valence-corrected chi connectivity index (χ3v) is 3.62. The van der Waals surface area contributed by atoms with Gasteiger partial charge in [-0.15, -0.1) is 0 Å². The minimum atomic E-state index is -0.352. The number of aryl methyl sites for hydroxylation is 1. The average molecular weight is 354 g/mol. The number of hydrogen-bond donors (Lipinski definition) is 2. The molecule has 2 aromatic heterocycles.